The van der Waals surface area contributed by atoms with Crippen molar-refractivity contribution in [3.8, 4) is 22.6 Å². The predicted molar refractivity (Wildman–Crippen MR) is 236 cm³/mol. The van der Waals surface area contributed by atoms with Crippen molar-refractivity contribution in [2.75, 3.05) is 9.80 Å². The number of para-hydroxylation sites is 1. The number of benzene rings is 8. The van der Waals surface area contributed by atoms with Gasteiger partial charge >= 0.3 is 0 Å². The van der Waals surface area contributed by atoms with Gasteiger partial charge in [-0.05, 0) is 87.3 Å². The molecule has 3 nitrogen and oxygen atoms in total. The van der Waals surface area contributed by atoms with Crippen molar-refractivity contribution in [3.05, 3.63) is 180 Å². The summed E-state index contributed by atoms with van der Waals surface area (Å²) in [5, 5.41) is 4.95. The lowest BCUT2D eigenvalue weighted by Gasteiger charge is -2.45. The van der Waals surface area contributed by atoms with Crippen LogP contribution in [0.15, 0.2) is 158 Å². The van der Waals surface area contributed by atoms with Crippen LogP contribution in [0.2, 0.25) is 0 Å². The average Bonchev–Trinajstić information content (AvgIpc) is 3.72. The molecule has 4 heteroatoms. The fraction of sp³-hybridized carbons (Fsp3) is 0.115. The summed E-state index contributed by atoms with van der Waals surface area (Å²) in [6, 6.07) is 58.4. The van der Waals surface area contributed by atoms with E-state index in [-0.39, 0.29) is 10.8 Å². The smallest absolute Gasteiger partial charge is 0.152 e. The normalized spacial score (nSPS) is 15.2. The molecule has 3 aliphatic rings. The molecule has 0 bridgehead atoms. The van der Waals surface area contributed by atoms with Gasteiger partial charge in [0.25, 0.3) is 0 Å². The first-order valence-electron chi connectivity index (χ1n) is 19.5. The van der Waals surface area contributed by atoms with E-state index in [1.165, 1.54) is 75.7 Å². The molecule has 2 aliphatic heterocycles. The van der Waals surface area contributed by atoms with E-state index >= 15 is 0 Å². The molecule has 268 valence electrons. The number of thiophene rings is 1. The van der Waals surface area contributed by atoms with Crippen LogP contribution in [0.1, 0.15) is 49.9 Å². The van der Waals surface area contributed by atoms with E-state index in [4.69, 9.17) is 4.74 Å². The molecule has 0 unspecified atom stereocenters. The molecule has 0 atom stereocenters. The molecule has 9 aromatic rings. The van der Waals surface area contributed by atoms with Crippen LogP contribution in [0.4, 0.5) is 34.1 Å². The third-order valence-electron chi connectivity index (χ3n) is 12.8. The van der Waals surface area contributed by atoms with Gasteiger partial charge in [-0.1, -0.05) is 137 Å². The maximum Gasteiger partial charge on any atom is 0.152 e. The number of nitrogens with zero attached hydrogens (tertiary/aromatic N) is 2. The van der Waals surface area contributed by atoms with Crippen LogP contribution >= 0.6 is 11.3 Å². The molecular formula is C52H38N2OS. The lowest BCUT2D eigenvalue weighted by molar-refractivity contribution is 0.472. The highest BCUT2D eigenvalue weighted by molar-refractivity contribution is 7.26. The Morgan fingerprint density at radius 3 is 2.09 bits per heavy atom. The van der Waals surface area contributed by atoms with Crippen molar-refractivity contribution < 1.29 is 4.74 Å². The Kier molecular flexibility index (Phi) is 6.34. The summed E-state index contributed by atoms with van der Waals surface area (Å²) in [6.07, 6.45) is 0. The van der Waals surface area contributed by atoms with Gasteiger partial charge in [0.05, 0.1) is 27.4 Å². The highest BCUT2D eigenvalue weighted by atomic mass is 32.1. The first kappa shape index (κ1) is 31.9. The van der Waals surface area contributed by atoms with E-state index in [2.05, 4.69) is 195 Å². The zero-order valence-electron chi connectivity index (χ0n) is 31.7. The molecule has 0 N–H and O–H groups in total. The number of anilines is 6. The molecule has 1 aliphatic carbocycles. The maximum atomic E-state index is 6.77. The molecule has 0 amide bonds. The Labute approximate surface area is 330 Å². The quantitative estimate of drug-likeness (QED) is 0.179. The van der Waals surface area contributed by atoms with Gasteiger partial charge in [0.1, 0.15) is 0 Å². The molecule has 8 aromatic carbocycles. The standard InChI is InChI=1S/C52H38N2OS/c1-51(2)39-18-9-7-15-35(39)36-26-24-32(29-42(36)51)53(43-20-11-17-38-37-16-8-10-22-47(37)56-50(38)43)33-25-27-40-44(30-33)54-48-34-14-6-5-13-31(34)23-28-46(48)55-45-21-12-19-41(49(45)54)52(40,3)4/h5-30H,1-4H3. The Bertz CT molecular complexity index is 3150. The van der Waals surface area contributed by atoms with Crippen LogP contribution in [0.25, 0.3) is 42.1 Å². The average molecular weight is 739 g/mol. The van der Waals surface area contributed by atoms with Crippen LogP contribution < -0.4 is 14.5 Å². The Balaban J connectivity index is 1.14. The summed E-state index contributed by atoms with van der Waals surface area (Å²) in [6.45, 7) is 9.45. The van der Waals surface area contributed by atoms with Crippen molar-refractivity contribution in [2.24, 2.45) is 0 Å². The Morgan fingerprint density at radius 1 is 0.500 bits per heavy atom. The summed E-state index contributed by atoms with van der Waals surface area (Å²) in [4.78, 5) is 5.01. The van der Waals surface area contributed by atoms with Crippen LogP contribution in [0.3, 0.4) is 0 Å². The zero-order valence-corrected chi connectivity index (χ0v) is 32.5. The molecule has 0 radical (unpaired) electrons. The number of hydrogen-bond donors (Lipinski definition) is 0. The van der Waals surface area contributed by atoms with Crippen molar-refractivity contribution in [1.29, 1.82) is 0 Å². The fourth-order valence-corrected chi connectivity index (χ4v) is 11.2. The van der Waals surface area contributed by atoms with E-state index < -0.39 is 0 Å². The Hall–Kier alpha value is -6.36. The van der Waals surface area contributed by atoms with Gasteiger partial charge in [-0.25, -0.2) is 0 Å². The minimum Gasteiger partial charge on any atom is -0.453 e. The van der Waals surface area contributed by atoms with E-state index in [0.29, 0.717) is 0 Å². The minimum absolute atomic E-state index is 0.129. The Morgan fingerprint density at radius 2 is 1.18 bits per heavy atom. The van der Waals surface area contributed by atoms with Gasteiger partial charge in [0.15, 0.2) is 11.5 Å². The second kappa shape index (κ2) is 11.1. The van der Waals surface area contributed by atoms with E-state index in [1.807, 2.05) is 11.3 Å². The largest absolute Gasteiger partial charge is 0.453 e. The highest BCUT2D eigenvalue weighted by Gasteiger charge is 2.43. The van der Waals surface area contributed by atoms with E-state index in [1.54, 1.807) is 0 Å². The van der Waals surface area contributed by atoms with E-state index in [9.17, 15) is 0 Å². The third kappa shape index (κ3) is 4.17. The van der Waals surface area contributed by atoms with Crippen molar-refractivity contribution in [2.45, 2.75) is 38.5 Å². The molecule has 0 spiro atoms. The molecule has 3 heterocycles. The molecular weight excluding hydrogens is 701 g/mol. The molecule has 12 rings (SSSR count). The summed E-state index contributed by atoms with van der Waals surface area (Å²) in [5.41, 5.74) is 14.4. The maximum absolute atomic E-state index is 6.77. The SMILES string of the molecule is CC1(C)c2ccccc2-c2ccc(N(c3ccc4c(c3)N3c5c(cccc5C4(C)C)Oc4ccc5ccccc5c43)c3cccc4c3sc3ccccc34)cc21. The second-order valence-corrected chi connectivity index (χ2v) is 17.6. The highest BCUT2D eigenvalue weighted by Crippen LogP contribution is 2.62. The topological polar surface area (TPSA) is 15.7 Å². The van der Waals surface area contributed by atoms with Crippen LogP contribution in [0.5, 0.6) is 11.5 Å². The summed E-state index contributed by atoms with van der Waals surface area (Å²) < 4.78 is 9.35. The third-order valence-corrected chi connectivity index (χ3v) is 14.0. The van der Waals surface area contributed by atoms with Crippen LogP contribution in [0, 0.1) is 0 Å². The van der Waals surface area contributed by atoms with Gasteiger partial charge in [-0.15, -0.1) is 11.3 Å². The zero-order chi connectivity index (χ0) is 37.5. The van der Waals surface area contributed by atoms with Gasteiger partial charge in [-0.2, -0.15) is 0 Å². The lowest BCUT2D eigenvalue weighted by atomic mass is 9.73. The summed E-state index contributed by atoms with van der Waals surface area (Å²) >= 11 is 1.88. The fourth-order valence-electron chi connectivity index (χ4n) is 10.0. The molecule has 1 aromatic heterocycles. The summed E-state index contributed by atoms with van der Waals surface area (Å²) in [7, 11) is 0. The van der Waals surface area contributed by atoms with Crippen molar-refractivity contribution in [3.63, 3.8) is 0 Å². The first-order chi connectivity index (χ1) is 27.3. The monoisotopic (exact) mass is 738 g/mol. The number of hydrogen-bond acceptors (Lipinski definition) is 4. The number of rotatable bonds is 3. The van der Waals surface area contributed by atoms with Crippen LogP contribution in [-0.4, -0.2) is 0 Å². The van der Waals surface area contributed by atoms with Crippen LogP contribution in [-0.2, 0) is 10.8 Å². The molecule has 56 heavy (non-hydrogen) atoms. The molecule has 0 saturated heterocycles. The van der Waals surface area contributed by atoms with E-state index in [0.717, 1.165) is 34.2 Å². The minimum atomic E-state index is -0.263. The molecule has 0 saturated carbocycles. The van der Waals surface area contributed by atoms with Gasteiger partial charge in [0, 0.05) is 43.1 Å². The second-order valence-electron chi connectivity index (χ2n) is 16.5. The van der Waals surface area contributed by atoms with Crippen molar-refractivity contribution >= 4 is 76.4 Å². The predicted octanol–water partition coefficient (Wildman–Crippen LogP) is 15.2. The first-order valence-corrected chi connectivity index (χ1v) is 20.3. The molecule has 0 fully saturated rings. The van der Waals surface area contributed by atoms with Gasteiger partial charge < -0.3 is 14.5 Å². The van der Waals surface area contributed by atoms with Crippen molar-refractivity contribution in [1.82, 2.24) is 0 Å². The number of ether oxygens (including phenoxy) is 1. The van der Waals surface area contributed by atoms with Gasteiger partial charge in [0.2, 0.25) is 0 Å². The lowest BCUT2D eigenvalue weighted by Crippen LogP contribution is -2.32. The summed E-state index contributed by atoms with van der Waals surface area (Å²) in [5.74, 6) is 1.76. The van der Waals surface area contributed by atoms with Gasteiger partial charge in [-0.3, -0.25) is 0 Å². The number of fused-ring (bicyclic) bond motifs is 12.